The number of hydrogen-bond acceptors (Lipinski definition) is 3. The van der Waals surface area contributed by atoms with Crippen LogP contribution in [0.2, 0.25) is 0 Å². The van der Waals surface area contributed by atoms with E-state index in [0.717, 1.165) is 6.42 Å². The highest BCUT2D eigenvalue weighted by molar-refractivity contribution is 5.95. The van der Waals surface area contributed by atoms with Gasteiger partial charge in [-0.25, -0.2) is 4.39 Å². The van der Waals surface area contributed by atoms with E-state index < -0.39 is 17.8 Å². The van der Waals surface area contributed by atoms with Crippen molar-refractivity contribution in [2.45, 2.75) is 26.3 Å². The van der Waals surface area contributed by atoms with Gasteiger partial charge < -0.3 is 16.4 Å². The van der Waals surface area contributed by atoms with E-state index >= 15 is 0 Å². The van der Waals surface area contributed by atoms with Gasteiger partial charge in [-0.15, -0.1) is 12.4 Å². The van der Waals surface area contributed by atoms with Crippen molar-refractivity contribution in [1.29, 1.82) is 0 Å². The van der Waals surface area contributed by atoms with E-state index in [1.54, 1.807) is 6.07 Å². The molecule has 5 nitrogen and oxygen atoms in total. The molecule has 0 fully saturated rings. The van der Waals surface area contributed by atoms with Gasteiger partial charge in [-0.05, 0) is 24.1 Å². The molecule has 118 valence electrons. The molecule has 0 saturated carbocycles. The predicted molar refractivity (Wildman–Crippen MR) is 82.7 cm³/mol. The lowest BCUT2D eigenvalue weighted by atomic mass is 9.99. The summed E-state index contributed by atoms with van der Waals surface area (Å²) in [5, 5.41) is 4.95. The molecule has 4 N–H and O–H groups in total. The van der Waals surface area contributed by atoms with E-state index in [2.05, 4.69) is 10.6 Å². The molecular weight excluding hydrogens is 297 g/mol. The first kappa shape index (κ1) is 19.3. The number of amides is 2. The van der Waals surface area contributed by atoms with Crippen LogP contribution in [-0.4, -0.2) is 24.4 Å². The Kier molecular flexibility index (Phi) is 8.57. The second kappa shape index (κ2) is 9.31. The highest BCUT2D eigenvalue weighted by Crippen LogP contribution is 2.08. The van der Waals surface area contributed by atoms with Crippen molar-refractivity contribution in [2.24, 2.45) is 11.7 Å². The molecule has 1 aromatic carbocycles. The molecule has 7 heteroatoms. The van der Waals surface area contributed by atoms with Crippen LogP contribution in [0.4, 0.5) is 10.1 Å². The average Bonchev–Trinajstić information content (AvgIpc) is 2.43. The minimum absolute atomic E-state index is 0. The fourth-order valence-corrected chi connectivity index (χ4v) is 1.57. The summed E-state index contributed by atoms with van der Waals surface area (Å²) in [7, 11) is 0. The molecule has 0 bridgehead atoms. The Morgan fingerprint density at radius 3 is 2.62 bits per heavy atom. The first-order chi connectivity index (χ1) is 9.43. The second-order valence-electron chi connectivity index (χ2n) is 4.69. The van der Waals surface area contributed by atoms with E-state index in [1.165, 1.54) is 18.2 Å². The zero-order chi connectivity index (χ0) is 15.1. The quantitative estimate of drug-likeness (QED) is 0.746. The van der Waals surface area contributed by atoms with Gasteiger partial charge in [0.05, 0.1) is 12.6 Å². The van der Waals surface area contributed by atoms with Gasteiger partial charge >= 0.3 is 0 Å². The van der Waals surface area contributed by atoms with Crippen molar-refractivity contribution in [3.63, 3.8) is 0 Å². The van der Waals surface area contributed by atoms with E-state index in [4.69, 9.17) is 5.73 Å². The maximum atomic E-state index is 12.9. The summed E-state index contributed by atoms with van der Waals surface area (Å²) in [5.74, 6) is -1.19. The molecule has 0 aromatic heterocycles. The van der Waals surface area contributed by atoms with Gasteiger partial charge in [0.15, 0.2) is 0 Å². The lowest BCUT2D eigenvalue weighted by Crippen LogP contribution is -2.46. The van der Waals surface area contributed by atoms with Crippen molar-refractivity contribution < 1.29 is 14.0 Å². The number of rotatable bonds is 6. The van der Waals surface area contributed by atoms with Crippen LogP contribution in [-0.2, 0) is 9.59 Å². The third-order valence-electron chi connectivity index (χ3n) is 3.09. The molecule has 0 radical (unpaired) electrons. The molecule has 0 heterocycles. The molecule has 2 unspecified atom stereocenters. The minimum atomic E-state index is -0.637. The second-order valence-corrected chi connectivity index (χ2v) is 4.69. The summed E-state index contributed by atoms with van der Waals surface area (Å²) in [4.78, 5) is 23.3. The highest BCUT2D eigenvalue weighted by Gasteiger charge is 2.19. The normalized spacial score (nSPS) is 12.8. The Labute approximate surface area is 129 Å². The van der Waals surface area contributed by atoms with E-state index in [0.29, 0.717) is 5.69 Å². The van der Waals surface area contributed by atoms with Crippen LogP contribution in [0.25, 0.3) is 0 Å². The minimum Gasteiger partial charge on any atom is -0.346 e. The topological polar surface area (TPSA) is 84.2 Å². The Balaban J connectivity index is 0.00000400. The molecule has 0 aliphatic carbocycles. The molecule has 0 saturated heterocycles. The van der Waals surface area contributed by atoms with Crippen LogP contribution >= 0.6 is 12.4 Å². The van der Waals surface area contributed by atoms with E-state index in [1.807, 2.05) is 13.8 Å². The average molecular weight is 318 g/mol. The van der Waals surface area contributed by atoms with Gasteiger partial charge in [0, 0.05) is 5.69 Å². The molecule has 0 aliphatic rings. The van der Waals surface area contributed by atoms with Gasteiger partial charge in [0.25, 0.3) is 0 Å². The van der Waals surface area contributed by atoms with E-state index in [9.17, 15) is 14.0 Å². The number of hydrogen-bond donors (Lipinski definition) is 3. The lowest BCUT2D eigenvalue weighted by molar-refractivity contribution is -0.125. The summed E-state index contributed by atoms with van der Waals surface area (Å²) < 4.78 is 12.9. The lowest BCUT2D eigenvalue weighted by Gasteiger charge is -2.17. The van der Waals surface area contributed by atoms with Crippen molar-refractivity contribution in [1.82, 2.24) is 5.32 Å². The Hall–Kier alpha value is -1.66. The van der Waals surface area contributed by atoms with Crippen molar-refractivity contribution in [3.8, 4) is 0 Å². The van der Waals surface area contributed by atoms with Gasteiger partial charge in [-0.1, -0.05) is 26.3 Å². The molecular formula is C14H21ClFN3O2. The summed E-state index contributed by atoms with van der Waals surface area (Å²) in [5.41, 5.74) is 6.08. The Morgan fingerprint density at radius 2 is 2.05 bits per heavy atom. The van der Waals surface area contributed by atoms with Crippen molar-refractivity contribution in [2.75, 3.05) is 11.9 Å². The maximum Gasteiger partial charge on any atom is 0.243 e. The van der Waals surface area contributed by atoms with Gasteiger partial charge in [0.1, 0.15) is 5.82 Å². The number of carbonyl (C=O) groups excluding carboxylic acids is 2. The van der Waals surface area contributed by atoms with Crippen molar-refractivity contribution in [3.05, 3.63) is 30.1 Å². The molecule has 1 aromatic rings. The van der Waals surface area contributed by atoms with Crippen LogP contribution in [0.15, 0.2) is 24.3 Å². The third-order valence-corrected chi connectivity index (χ3v) is 3.09. The SMILES string of the molecule is CCC(C)C(N)C(=O)NCC(=O)Nc1cccc(F)c1.Cl. The molecule has 21 heavy (non-hydrogen) atoms. The molecule has 1 rings (SSSR count). The van der Waals surface area contributed by atoms with Crippen LogP contribution in [0.1, 0.15) is 20.3 Å². The Morgan fingerprint density at radius 1 is 1.38 bits per heavy atom. The number of anilines is 1. The largest absolute Gasteiger partial charge is 0.346 e. The van der Waals surface area contributed by atoms with Crippen LogP contribution in [0, 0.1) is 11.7 Å². The highest BCUT2D eigenvalue weighted by atomic mass is 35.5. The molecule has 2 amide bonds. The van der Waals surface area contributed by atoms with Crippen LogP contribution in [0.5, 0.6) is 0 Å². The van der Waals surface area contributed by atoms with Gasteiger partial charge in [-0.3, -0.25) is 9.59 Å². The zero-order valence-corrected chi connectivity index (χ0v) is 12.9. The summed E-state index contributed by atoms with van der Waals surface area (Å²) >= 11 is 0. The van der Waals surface area contributed by atoms with Crippen LogP contribution in [0.3, 0.4) is 0 Å². The summed E-state index contributed by atoms with van der Waals surface area (Å²) in [6.07, 6.45) is 0.782. The van der Waals surface area contributed by atoms with Gasteiger partial charge in [-0.2, -0.15) is 0 Å². The zero-order valence-electron chi connectivity index (χ0n) is 12.1. The molecule has 0 aliphatic heterocycles. The van der Waals surface area contributed by atoms with E-state index in [-0.39, 0.29) is 30.8 Å². The first-order valence-corrected chi connectivity index (χ1v) is 6.52. The standard InChI is InChI=1S/C14H20FN3O2.ClH/c1-3-9(2)13(16)14(20)17-8-12(19)18-11-6-4-5-10(15)7-11;/h4-7,9,13H,3,8,16H2,1-2H3,(H,17,20)(H,18,19);1H. The number of carbonyl (C=O) groups is 2. The number of halogens is 2. The molecule has 2 atom stereocenters. The number of nitrogens with one attached hydrogen (secondary N) is 2. The monoisotopic (exact) mass is 317 g/mol. The maximum absolute atomic E-state index is 12.9. The summed E-state index contributed by atoms with van der Waals surface area (Å²) in [6.45, 7) is 3.62. The number of nitrogens with two attached hydrogens (primary N) is 1. The fraction of sp³-hybridized carbons (Fsp3) is 0.429. The van der Waals surface area contributed by atoms with Crippen molar-refractivity contribution >= 4 is 29.9 Å². The Bertz CT molecular complexity index is 485. The smallest absolute Gasteiger partial charge is 0.243 e. The fourth-order valence-electron chi connectivity index (χ4n) is 1.57. The van der Waals surface area contributed by atoms with Crippen LogP contribution < -0.4 is 16.4 Å². The predicted octanol–water partition coefficient (Wildman–Crippen LogP) is 1.68. The van der Waals surface area contributed by atoms with Gasteiger partial charge in [0.2, 0.25) is 11.8 Å². The number of benzene rings is 1. The first-order valence-electron chi connectivity index (χ1n) is 6.52. The third kappa shape index (κ3) is 6.55. The summed E-state index contributed by atoms with van der Waals surface area (Å²) in [6, 6.07) is 4.89. The molecule has 0 spiro atoms.